The summed E-state index contributed by atoms with van der Waals surface area (Å²) in [4.78, 5) is 0. The summed E-state index contributed by atoms with van der Waals surface area (Å²) in [5, 5.41) is 3.52. The van der Waals surface area contributed by atoms with Crippen LogP contribution in [0.15, 0.2) is 48.5 Å². The maximum Gasteiger partial charge on any atom is 0.197 e. The number of benzene rings is 3. The van der Waals surface area contributed by atoms with Gasteiger partial charge < -0.3 is 24.3 Å². The van der Waals surface area contributed by atoms with Crippen molar-refractivity contribution in [1.82, 2.24) is 5.32 Å². The Labute approximate surface area is 188 Å². The van der Waals surface area contributed by atoms with E-state index in [0.717, 1.165) is 22.3 Å². The number of halogens is 1. The van der Waals surface area contributed by atoms with E-state index in [4.69, 9.17) is 18.9 Å². The zero-order chi connectivity index (χ0) is 22.7. The first-order valence-corrected chi connectivity index (χ1v) is 10.6. The molecule has 1 atom stereocenters. The smallest absolute Gasteiger partial charge is 0.197 e. The van der Waals surface area contributed by atoms with Crippen LogP contribution in [0.25, 0.3) is 0 Å². The molecular weight excluding hydrogens is 409 g/mol. The number of hydrogen-bond donors (Lipinski definition) is 1. The lowest BCUT2D eigenvalue weighted by Crippen LogP contribution is -2.32. The van der Waals surface area contributed by atoms with Gasteiger partial charge in [0.1, 0.15) is 6.61 Å². The SMILES string of the molecule is COc1cc(C)c(C2NCCc3c2cc(OC)c(OCc2ccccc2)c3F)cc1OC. The number of aryl methyl sites for hydroxylation is 1. The van der Waals surface area contributed by atoms with Crippen LogP contribution in [-0.2, 0) is 13.0 Å². The first kappa shape index (κ1) is 22.0. The Morgan fingerprint density at radius 1 is 0.906 bits per heavy atom. The number of nitrogens with one attached hydrogen (secondary N) is 1. The van der Waals surface area contributed by atoms with Crippen molar-refractivity contribution in [1.29, 1.82) is 0 Å². The molecule has 3 aromatic rings. The Kier molecular flexibility index (Phi) is 6.51. The summed E-state index contributed by atoms with van der Waals surface area (Å²) >= 11 is 0. The van der Waals surface area contributed by atoms with Crippen LogP contribution in [0.5, 0.6) is 23.0 Å². The minimum atomic E-state index is -0.361. The second-order valence-corrected chi connectivity index (χ2v) is 7.76. The van der Waals surface area contributed by atoms with E-state index in [1.165, 1.54) is 7.11 Å². The highest BCUT2D eigenvalue weighted by Crippen LogP contribution is 2.43. The van der Waals surface area contributed by atoms with Gasteiger partial charge in [-0.1, -0.05) is 30.3 Å². The zero-order valence-corrected chi connectivity index (χ0v) is 18.8. The van der Waals surface area contributed by atoms with Gasteiger partial charge in [-0.3, -0.25) is 0 Å². The highest BCUT2D eigenvalue weighted by molar-refractivity contribution is 5.56. The van der Waals surface area contributed by atoms with Gasteiger partial charge in [0.05, 0.1) is 27.4 Å². The van der Waals surface area contributed by atoms with Crippen LogP contribution in [0.3, 0.4) is 0 Å². The first-order valence-electron chi connectivity index (χ1n) is 10.6. The van der Waals surface area contributed by atoms with Crippen LogP contribution in [0.1, 0.15) is 33.9 Å². The summed E-state index contributed by atoms with van der Waals surface area (Å²) in [6.45, 7) is 2.92. The molecule has 0 aromatic heterocycles. The molecule has 1 N–H and O–H groups in total. The average Bonchev–Trinajstić information content (AvgIpc) is 2.83. The molecule has 4 rings (SSSR count). The molecule has 0 spiro atoms. The van der Waals surface area contributed by atoms with Crippen molar-refractivity contribution in [3.63, 3.8) is 0 Å². The molecule has 0 saturated carbocycles. The molecule has 168 valence electrons. The fourth-order valence-corrected chi connectivity index (χ4v) is 4.23. The van der Waals surface area contributed by atoms with Crippen LogP contribution in [0.4, 0.5) is 4.39 Å². The molecule has 0 aliphatic carbocycles. The van der Waals surface area contributed by atoms with Gasteiger partial charge in [-0.15, -0.1) is 0 Å². The summed E-state index contributed by atoms with van der Waals surface area (Å²) in [5.41, 5.74) is 4.48. The molecular formula is C26H28FNO4. The average molecular weight is 438 g/mol. The predicted molar refractivity (Wildman–Crippen MR) is 122 cm³/mol. The highest BCUT2D eigenvalue weighted by atomic mass is 19.1. The van der Waals surface area contributed by atoms with Crippen molar-refractivity contribution in [2.75, 3.05) is 27.9 Å². The molecule has 1 unspecified atom stereocenters. The summed E-state index contributed by atoms with van der Waals surface area (Å²) in [5.74, 6) is 1.47. The predicted octanol–water partition coefficient (Wildman–Crippen LogP) is 4.97. The second kappa shape index (κ2) is 9.49. The van der Waals surface area contributed by atoms with Crippen LogP contribution >= 0.6 is 0 Å². The lowest BCUT2D eigenvalue weighted by atomic mass is 9.87. The molecule has 5 nitrogen and oxygen atoms in total. The summed E-state index contributed by atoms with van der Waals surface area (Å²) in [6.07, 6.45) is 0.565. The van der Waals surface area contributed by atoms with Crippen LogP contribution in [-0.4, -0.2) is 27.9 Å². The minimum Gasteiger partial charge on any atom is -0.493 e. The molecule has 1 heterocycles. The van der Waals surface area contributed by atoms with E-state index in [9.17, 15) is 0 Å². The molecule has 0 fully saturated rings. The van der Waals surface area contributed by atoms with Gasteiger partial charge in [0.25, 0.3) is 0 Å². The number of methoxy groups -OCH3 is 3. The topological polar surface area (TPSA) is 49.0 Å². The Morgan fingerprint density at radius 2 is 1.56 bits per heavy atom. The van der Waals surface area contributed by atoms with Gasteiger partial charge >= 0.3 is 0 Å². The number of ether oxygens (including phenoxy) is 4. The number of fused-ring (bicyclic) bond motifs is 1. The summed E-state index contributed by atoms with van der Waals surface area (Å²) in [7, 11) is 4.75. The molecule has 3 aromatic carbocycles. The molecule has 32 heavy (non-hydrogen) atoms. The van der Waals surface area contributed by atoms with Gasteiger partial charge in [-0.25, -0.2) is 4.39 Å². The van der Waals surface area contributed by atoms with E-state index in [2.05, 4.69) is 5.32 Å². The third-order valence-electron chi connectivity index (χ3n) is 5.89. The maximum atomic E-state index is 15.7. The van der Waals surface area contributed by atoms with Gasteiger partial charge in [0.2, 0.25) is 0 Å². The molecule has 1 aliphatic rings. The third-order valence-corrected chi connectivity index (χ3v) is 5.89. The normalized spacial score (nSPS) is 15.1. The first-order chi connectivity index (χ1) is 15.6. The number of rotatable bonds is 7. The van der Waals surface area contributed by atoms with Crippen molar-refractivity contribution in [2.24, 2.45) is 0 Å². The van der Waals surface area contributed by atoms with E-state index < -0.39 is 0 Å². The lowest BCUT2D eigenvalue weighted by molar-refractivity contribution is 0.267. The van der Waals surface area contributed by atoms with Crippen LogP contribution in [0.2, 0.25) is 0 Å². The van der Waals surface area contributed by atoms with E-state index in [1.54, 1.807) is 14.2 Å². The molecule has 6 heteroatoms. The van der Waals surface area contributed by atoms with E-state index in [0.29, 0.717) is 35.8 Å². The third kappa shape index (κ3) is 4.10. The van der Waals surface area contributed by atoms with Gasteiger partial charge in [0.15, 0.2) is 28.8 Å². The van der Waals surface area contributed by atoms with Crippen molar-refractivity contribution < 1.29 is 23.3 Å². The van der Waals surface area contributed by atoms with E-state index >= 15 is 4.39 Å². The molecule has 0 amide bonds. The van der Waals surface area contributed by atoms with Crippen molar-refractivity contribution in [2.45, 2.75) is 26.0 Å². The molecule has 0 bridgehead atoms. The van der Waals surface area contributed by atoms with Gasteiger partial charge in [0, 0.05) is 6.54 Å². The second-order valence-electron chi connectivity index (χ2n) is 7.76. The highest BCUT2D eigenvalue weighted by Gasteiger charge is 2.30. The standard InChI is InChI=1S/C26H28FNO4/c1-16-12-21(29-2)22(30-3)13-19(16)25-20-14-23(31-4)26(24(27)18(20)10-11-28-25)32-15-17-8-6-5-7-9-17/h5-9,12-14,25,28H,10-11,15H2,1-4H3. The van der Waals surface area contributed by atoms with Crippen LogP contribution in [0, 0.1) is 12.7 Å². The lowest BCUT2D eigenvalue weighted by Gasteiger charge is -2.30. The molecule has 0 radical (unpaired) electrons. The zero-order valence-electron chi connectivity index (χ0n) is 18.8. The molecule has 1 aliphatic heterocycles. The Bertz CT molecular complexity index is 1100. The van der Waals surface area contributed by atoms with E-state index in [1.807, 2.05) is 55.5 Å². The molecule has 0 saturated heterocycles. The van der Waals surface area contributed by atoms with Crippen molar-refractivity contribution >= 4 is 0 Å². The monoisotopic (exact) mass is 437 g/mol. The fourth-order valence-electron chi connectivity index (χ4n) is 4.23. The largest absolute Gasteiger partial charge is 0.493 e. The van der Waals surface area contributed by atoms with E-state index in [-0.39, 0.29) is 24.2 Å². The quantitative estimate of drug-likeness (QED) is 0.565. The van der Waals surface area contributed by atoms with Crippen molar-refractivity contribution in [3.05, 3.63) is 82.2 Å². The van der Waals surface area contributed by atoms with Crippen molar-refractivity contribution in [3.8, 4) is 23.0 Å². The Hall–Kier alpha value is -3.25. The number of hydrogen-bond acceptors (Lipinski definition) is 5. The summed E-state index contributed by atoms with van der Waals surface area (Å²) < 4.78 is 38.0. The van der Waals surface area contributed by atoms with Crippen LogP contribution < -0.4 is 24.3 Å². The minimum absolute atomic E-state index is 0.153. The maximum absolute atomic E-state index is 15.7. The Morgan fingerprint density at radius 3 is 2.25 bits per heavy atom. The van der Waals surface area contributed by atoms with Gasteiger partial charge in [-0.2, -0.15) is 0 Å². The summed E-state index contributed by atoms with van der Waals surface area (Å²) in [6, 6.07) is 15.3. The fraction of sp³-hybridized carbons (Fsp3) is 0.308. The van der Waals surface area contributed by atoms with Gasteiger partial charge in [-0.05, 0) is 59.4 Å². The Balaban J connectivity index is 1.74.